The lowest BCUT2D eigenvalue weighted by Crippen LogP contribution is -2.45. The molecule has 100 valence electrons. The second kappa shape index (κ2) is 3.80. The Kier molecular flexibility index (Phi) is 2.53. The molecule has 0 aromatic heterocycles. The van der Waals surface area contributed by atoms with Gasteiger partial charge in [-0.2, -0.15) is 5.10 Å². The van der Waals surface area contributed by atoms with Gasteiger partial charge in [-0.3, -0.25) is 4.79 Å². The third kappa shape index (κ3) is 1.44. The summed E-state index contributed by atoms with van der Waals surface area (Å²) in [6.45, 7) is 1.77. The van der Waals surface area contributed by atoms with Gasteiger partial charge in [-0.05, 0) is 18.6 Å². The Labute approximate surface area is 115 Å². The van der Waals surface area contributed by atoms with Gasteiger partial charge in [0.15, 0.2) is 5.37 Å². The van der Waals surface area contributed by atoms with Crippen LogP contribution in [0.15, 0.2) is 34.3 Å². The van der Waals surface area contributed by atoms with E-state index in [1.165, 1.54) is 6.21 Å². The molecule has 5 nitrogen and oxygen atoms in total. The fraction of sp³-hybridized carbons (Fsp3) is 0.333. The van der Waals surface area contributed by atoms with Crippen LogP contribution in [0.25, 0.3) is 0 Å². The molecule has 1 aromatic rings. The molecule has 0 fully saturated rings. The molecule has 1 aromatic carbocycles. The second-order valence-corrected chi connectivity index (χ2v) is 7.04. The monoisotopic (exact) mass is 298 g/mol. The van der Waals surface area contributed by atoms with Crippen molar-refractivity contribution in [3.63, 3.8) is 0 Å². The van der Waals surface area contributed by atoms with Crippen molar-refractivity contribution in [2.45, 2.75) is 22.6 Å². The molecule has 0 N–H and O–H groups in total. The van der Waals surface area contributed by atoms with Gasteiger partial charge < -0.3 is 0 Å². The molecule has 1 amide bonds. The van der Waals surface area contributed by atoms with Gasteiger partial charge in [0.2, 0.25) is 9.84 Å². The number of hydrogen-bond acceptors (Lipinski definition) is 4. The lowest BCUT2D eigenvalue weighted by atomic mass is 9.84. The van der Waals surface area contributed by atoms with E-state index in [1.807, 2.05) is 0 Å². The summed E-state index contributed by atoms with van der Waals surface area (Å²) in [6.07, 6.45) is 1.52. The van der Waals surface area contributed by atoms with Gasteiger partial charge in [0.05, 0.1) is 10.3 Å². The second-order valence-electron chi connectivity index (χ2n) is 4.79. The molecule has 2 unspecified atom stereocenters. The minimum absolute atomic E-state index is 0.265. The number of amides is 1. The number of halogens is 1. The molecule has 0 saturated heterocycles. The summed E-state index contributed by atoms with van der Waals surface area (Å²) in [5.41, 5.74) is -0.134. The molecule has 7 heteroatoms. The third-order valence-corrected chi connectivity index (χ3v) is 6.10. The normalized spacial score (nSPS) is 30.2. The lowest BCUT2D eigenvalue weighted by Gasteiger charge is -2.25. The topological polar surface area (TPSA) is 66.8 Å². The average molecular weight is 299 g/mol. The van der Waals surface area contributed by atoms with Crippen molar-refractivity contribution in [2.24, 2.45) is 5.10 Å². The number of rotatable bonds is 1. The number of alkyl halides is 1. The Bertz CT molecular complexity index is 701. The van der Waals surface area contributed by atoms with Gasteiger partial charge in [-0.15, -0.1) is 11.6 Å². The van der Waals surface area contributed by atoms with Crippen LogP contribution in [0.2, 0.25) is 0 Å². The summed E-state index contributed by atoms with van der Waals surface area (Å²) < 4.78 is 25.2. The molecule has 2 aliphatic heterocycles. The number of fused-ring (bicyclic) bond motifs is 3. The summed E-state index contributed by atoms with van der Waals surface area (Å²) in [4.78, 5) is 12.0. The first-order valence-electron chi connectivity index (χ1n) is 5.69. The zero-order chi connectivity index (χ0) is 13.8. The zero-order valence-corrected chi connectivity index (χ0v) is 11.6. The van der Waals surface area contributed by atoms with E-state index in [1.54, 1.807) is 31.2 Å². The number of sulfone groups is 1. The molecule has 19 heavy (non-hydrogen) atoms. The number of hydrogen-bond donors (Lipinski definition) is 0. The number of nitrogens with zero attached hydrogens (tertiary/aromatic N) is 2. The molecule has 2 aliphatic rings. The van der Waals surface area contributed by atoms with E-state index in [-0.39, 0.29) is 10.8 Å². The van der Waals surface area contributed by atoms with Crippen LogP contribution in [-0.2, 0) is 20.0 Å². The molecule has 0 saturated carbocycles. The third-order valence-electron chi connectivity index (χ3n) is 3.62. The average Bonchev–Trinajstić information content (AvgIpc) is 2.84. The van der Waals surface area contributed by atoms with Crippen molar-refractivity contribution >= 4 is 33.6 Å². The summed E-state index contributed by atoms with van der Waals surface area (Å²) in [5.74, 6) is -0.807. The predicted molar refractivity (Wildman–Crippen MR) is 70.8 cm³/mol. The van der Waals surface area contributed by atoms with Crippen molar-refractivity contribution < 1.29 is 13.2 Å². The van der Waals surface area contributed by atoms with E-state index in [4.69, 9.17) is 11.6 Å². The van der Waals surface area contributed by atoms with Crippen LogP contribution < -0.4 is 0 Å². The minimum Gasteiger partial charge on any atom is -0.272 e. The van der Waals surface area contributed by atoms with Gasteiger partial charge in [0.1, 0.15) is 5.88 Å². The fourth-order valence-electron chi connectivity index (χ4n) is 2.75. The SMILES string of the molecule is CC12C=NN(C(=O)CCl)C1S(=O)(=O)c1ccccc12. The number of carbonyl (C=O) groups excluding carboxylic acids is 1. The largest absolute Gasteiger partial charge is 0.272 e. The van der Waals surface area contributed by atoms with E-state index in [0.29, 0.717) is 5.56 Å². The van der Waals surface area contributed by atoms with Gasteiger partial charge in [0, 0.05) is 6.21 Å². The highest BCUT2D eigenvalue weighted by atomic mass is 35.5. The summed E-state index contributed by atoms with van der Waals surface area (Å²) in [5, 5.41) is 3.92. The molecule has 0 radical (unpaired) electrons. The van der Waals surface area contributed by atoms with Gasteiger partial charge in [-0.25, -0.2) is 13.4 Å². The van der Waals surface area contributed by atoms with Crippen molar-refractivity contribution in [3.8, 4) is 0 Å². The minimum atomic E-state index is -3.62. The maximum absolute atomic E-state index is 12.6. The van der Waals surface area contributed by atoms with Crippen LogP contribution in [0.1, 0.15) is 12.5 Å². The highest BCUT2D eigenvalue weighted by Crippen LogP contribution is 2.48. The van der Waals surface area contributed by atoms with Crippen molar-refractivity contribution in [2.75, 3.05) is 5.88 Å². The maximum atomic E-state index is 12.6. The fourth-order valence-corrected chi connectivity index (χ4v) is 5.25. The van der Waals surface area contributed by atoms with Crippen LogP contribution in [0.5, 0.6) is 0 Å². The Morgan fingerprint density at radius 3 is 2.84 bits per heavy atom. The summed E-state index contributed by atoms with van der Waals surface area (Å²) in [6, 6.07) is 6.77. The van der Waals surface area contributed by atoms with Crippen molar-refractivity contribution in [1.29, 1.82) is 0 Å². The van der Waals surface area contributed by atoms with Crippen molar-refractivity contribution in [1.82, 2.24) is 5.01 Å². The first-order chi connectivity index (χ1) is 8.93. The van der Waals surface area contributed by atoms with Gasteiger partial charge in [0.25, 0.3) is 5.91 Å². The number of hydrazone groups is 1. The number of carbonyl (C=O) groups is 1. The highest BCUT2D eigenvalue weighted by molar-refractivity contribution is 7.92. The molecular weight excluding hydrogens is 288 g/mol. The van der Waals surface area contributed by atoms with E-state index in [0.717, 1.165) is 5.01 Å². The van der Waals surface area contributed by atoms with Crippen LogP contribution in [0, 0.1) is 0 Å². The summed E-state index contributed by atoms with van der Waals surface area (Å²) >= 11 is 5.51. The predicted octanol–water partition coefficient (Wildman–Crippen LogP) is 1.12. The van der Waals surface area contributed by atoms with E-state index < -0.39 is 26.5 Å². The Hall–Kier alpha value is -1.40. The quantitative estimate of drug-likeness (QED) is 0.730. The molecular formula is C12H11ClN2O3S. The first-order valence-corrected chi connectivity index (χ1v) is 7.77. The summed E-state index contributed by atoms with van der Waals surface area (Å²) in [7, 11) is -3.62. The maximum Gasteiger partial charge on any atom is 0.258 e. The first kappa shape index (κ1) is 12.6. The van der Waals surface area contributed by atoms with E-state index in [2.05, 4.69) is 5.10 Å². The van der Waals surface area contributed by atoms with Crippen LogP contribution >= 0.6 is 11.6 Å². The number of benzene rings is 1. The molecule has 0 bridgehead atoms. The van der Waals surface area contributed by atoms with E-state index >= 15 is 0 Å². The van der Waals surface area contributed by atoms with E-state index in [9.17, 15) is 13.2 Å². The van der Waals surface area contributed by atoms with Crippen LogP contribution in [-0.4, -0.2) is 36.8 Å². The van der Waals surface area contributed by atoms with Crippen LogP contribution in [0.3, 0.4) is 0 Å². The lowest BCUT2D eigenvalue weighted by molar-refractivity contribution is -0.129. The Balaban J connectivity index is 2.24. The van der Waals surface area contributed by atoms with Crippen molar-refractivity contribution in [3.05, 3.63) is 29.8 Å². The van der Waals surface area contributed by atoms with Gasteiger partial charge >= 0.3 is 0 Å². The Morgan fingerprint density at radius 2 is 2.16 bits per heavy atom. The van der Waals surface area contributed by atoms with Crippen LogP contribution in [0.4, 0.5) is 0 Å². The highest BCUT2D eigenvalue weighted by Gasteiger charge is 2.59. The molecule has 2 atom stereocenters. The molecule has 2 heterocycles. The zero-order valence-electron chi connectivity index (χ0n) is 10.1. The standard InChI is InChI=1S/C12H11ClN2O3S/c1-12-7-14-15(10(16)6-13)11(12)19(17,18)9-5-3-2-4-8(9)12/h2-5,7,11H,6H2,1H3. The Morgan fingerprint density at radius 1 is 1.47 bits per heavy atom. The smallest absolute Gasteiger partial charge is 0.258 e. The molecule has 0 aliphatic carbocycles. The van der Waals surface area contributed by atoms with Gasteiger partial charge in [-0.1, -0.05) is 18.2 Å². The molecule has 0 spiro atoms. The molecule has 3 rings (SSSR count).